The number of amides is 1. The highest BCUT2D eigenvalue weighted by atomic mass is 16.2. The van der Waals surface area contributed by atoms with Crippen molar-refractivity contribution < 1.29 is 4.79 Å². The molecule has 4 nitrogen and oxygen atoms in total. The molecule has 1 heterocycles. The Labute approximate surface area is 115 Å². The van der Waals surface area contributed by atoms with Gasteiger partial charge in [-0.1, -0.05) is 0 Å². The van der Waals surface area contributed by atoms with Gasteiger partial charge in [0.25, 0.3) is 5.91 Å². The Morgan fingerprint density at radius 1 is 1.58 bits per heavy atom. The van der Waals surface area contributed by atoms with Crippen LogP contribution in [0.2, 0.25) is 0 Å². The second-order valence-electron chi connectivity index (χ2n) is 5.40. The van der Waals surface area contributed by atoms with Gasteiger partial charge in [0.1, 0.15) is 0 Å². The zero-order valence-electron chi connectivity index (χ0n) is 12.2. The molecule has 1 N–H and O–H groups in total. The number of nitrogens with one attached hydrogen (secondary N) is 1. The standard InChI is InChI=1S/C15H23N3O/c1-5-16-14-8-10(2)17-9-13(14)15(19)18(4)11(3)12-6-7-12/h8-9,11-12H,5-7H2,1-4H3,(H,16,17). The maximum absolute atomic E-state index is 12.6. The molecule has 1 fully saturated rings. The van der Waals surface area contributed by atoms with Crippen molar-refractivity contribution in [1.29, 1.82) is 0 Å². The predicted molar refractivity (Wildman–Crippen MR) is 77.4 cm³/mol. The Kier molecular flexibility index (Phi) is 4.08. The SMILES string of the molecule is CCNc1cc(C)ncc1C(=O)N(C)C(C)C1CC1. The van der Waals surface area contributed by atoms with E-state index in [0.29, 0.717) is 17.5 Å². The molecule has 0 radical (unpaired) electrons. The summed E-state index contributed by atoms with van der Waals surface area (Å²) >= 11 is 0. The minimum Gasteiger partial charge on any atom is -0.385 e. The van der Waals surface area contributed by atoms with E-state index in [1.54, 1.807) is 6.20 Å². The first kappa shape index (κ1) is 13.8. The van der Waals surface area contributed by atoms with Gasteiger partial charge in [-0.05, 0) is 45.6 Å². The van der Waals surface area contributed by atoms with E-state index in [0.717, 1.165) is 17.9 Å². The maximum atomic E-state index is 12.6. The number of nitrogens with zero attached hydrogens (tertiary/aromatic N) is 2. The van der Waals surface area contributed by atoms with Crippen LogP contribution in [0.5, 0.6) is 0 Å². The zero-order valence-corrected chi connectivity index (χ0v) is 12.2. The molecule has 1 aliphatic rings. The molecule has 1 saturated carbocycles. The molecule has 0 spiro atoms. The normalized spacial score (nSPS) is 16.0. The van der Waals surface area contributed by atoms with Gasteiger partial charge in [-0.25, -0.2) is 0 Å². The van der Waals surface area contributed by atoms with Gasteiger partial charge in [0.2, 0.25) is 0 Å². The monoisotopic (exact) mass is 261 g/mol. The van der Waals surface area contributed by atoms with Gasteiger partial charge < -0.3 is 10.2 Å². The van der Waals surface area contributed by atoms with Crippen LogP contribution in [0.15, 0.2) is 12.3 Å². The molecule has 0 bridgehead atoms. The molecular weight excluding hydrogens is 238 g/mol. The van der Waals surface area contributed by atoms with Gasteiger partial charge in [-0.2, -0.15) is 0 Å². The van der Waals surface area contributed by atoms with Crippen molar-refractivity contribution in [2.75, 3.05) is 18.9 Å². The molecule has 19 heavy (non-hydrogen) atoms. The van der Waals surface area contributed by atoms with Crippen LogP contribution in [0.3, 0.4) is 0 Å². The summed E-state index contributed by atoms with van der Waals surface area (Å²) in [6.45, 7) is 6.89. The van der Waals surface area contributed by atoms with E-state index >= 15 is 0 Å². The number of hydrogen-bond donors (Lipinski definition) is 1. The van der Waals surface area contributed by atoms with Crippen LogP contribution in [-0.4, -0.2) is 35.4 Å². The molecule has 1 aromatic rings. The Morgan fingerprint density at radius 2 is 2.26 bits per heavy atom. The maximum Gasteiger partial charge on any atom is 0.257 e. The lowest BCUT2D eigenvalue weighted by Gasteiger charge is -2.26. The van der Waals surface area contributed by atoms with Crippen LogP contribution in [0, 0.1) is 12.8 Å². The lowest BCUT2D eigenvalue weighted by atomic mass is 10.1. The number of aryl methyl sites for hydroxylation is 1. The Bertz CT molecular complexity index is 468. The summed E-state index contributed by atoms with van der Waals surface area (Å²) in [4.78, 5) is 18.7. The number of aromatic nitrogens is 1. The third kappa shape index (κ3) is 3.06. The van der Waals surface area contributed by atoms with Crippen molar-refractivity contribution in [3.05, 3.63) is 23.5 Å². The van der Waals surface area contributed by atoms with Crippen molar-refractivity contribution >= 4 is 11.6 Å². The average Bonchev–Trinajstić information content (AvgIpc) is 3.21. The fourth-order valence-corrected chi connectivity index (χ4v) is 2.34. The van der Waals surface area contributed by atoms with Crippen LogP contribution in [-0.2, 0) is 0 Å². The van der Waals surface area contributed by atoms with Gasteiger partial charge in [-0.15, -0.1) is 0 Å². The first-order valence-corrected chi connectivity index (χ1v) is 7.02. The number of carbonyl (C=O) groups is 1. The quantitative estimate of drug-likeness (QED) is 0.886. The minimum absolute atomic E-state index is 0.0582. The van der Waals surface area contributed by atoms with Gasteiger partial charge in [0.05, 0.1) is 11.3 Å². The van der Waals surface area contributed by atoms with Crippen molar-refractivity contribution in [2.45, 2.75) is 39.7 Å². The lowest BCUT2D eigenvalue weighted by Crippen LogP contribution is -2.36. The summed E-state index contributed by atoms with van der Waals surface area (Å²) in [6, 6.07) is 2.25. The summed E-state index contributed by atoms with van der Waals surface area (Å²) in [5.74, 6) is 0.734. The van der Waals surface area contributed by atoms with E-state index in [-0.39, 0.29) is 5.91 Å². The molecule has 1 atom stereocenters. The molecule has 1 amide bonds. The van der Waals surface area contributed by atoms with Crippen LogP contribution < -0.4 is 5.32 Å². The van der Waals surface area contributed by atoms with Crippen molar-refractivity contribution in [2.24, 2.45) is 5.92 Å². The second-order valence-corrected chi connectivity index (χ2v) is 5.40. The summed E-state index contributed by atoms with van der Waals surface area (Å²) in [5, 5.41) is 3.25. The topological polar surface area (TPSA) is 45.2 Å². The first-order chi connectivity index (χ1) is 9.04. The highest BCUT2D eigenvalue weighted by Gasteiger charge is 2.33. The van der Waals surface area contributed by atoms with Gasteiger partial charge in [-0.3, -0.25) is 9.78 Å². The molecule has 0 saturated heterocycles. The fraction of sp³-hybridized carbons (Fsp3) is 0.600. The van der Waals surface area contributed by atoms with Gasteiger partial charge >= 0.3 is 0 Å². The van der Waals surface area contributed by atoms with E-state index in [1.165, 1.54) is 12.8 Å². The third-order valence-corrected chi connectivity index (χ3v) is 3.87. The number of pyridine rings is 1. The average molecular weight is 261 g/mol. The molecule has 1 unspecified atom stereocenters. The Balaban J connectivity index is 2.21. The Hall–Kier alpha value is -1.58. The summed E-state index contributed by atoms with van der Waals surface area (Å²) in [7, 11) is 1.89. The van der Waals surface area contributed by atoms with Gasteiger partial charge in [0.15, 0.2) is 0 Å². The molecule has 104 valence electrons. The van der Waals surface area contributed by atoms with E-state index in [2.05, 4.69) is 17.2 Å². The predicted octanol–water partition coefficient (Wildman–Crippen LogP) is 2.69. The fourth-order valence-electron chi connectivity index (χ4n) is 2.34. The largest absolute Gasteiger partial charge is 0.385 e. The lowest BCUT2D eigenvalue weighted by molar-refractivity contribution is 0.0728. The third-order valence-electron chi connectivity index (χ3n) is 3.87. The second kappa shape index (κ2) is 5.59. The molecule has 2 rings (SSSR count). The van der Waals surface area contributed by atoms with Crippen LogP contribution in [0.4, 0.5) is 5.69 Å². The van der Waals surface area contributed by atoms with E-state index in [1.807, 2.05) is 31.9 Å². The number of carbonyl (C=O) groups excluding carboxylic acids is 1. The minimum atomic E-state index is 0.0582. The smallest absolute Gasteiger partial charge is 0.257 e. The number of hydrogen-bond acceptors (Lipinski definition) is 3. The highest BCUT2D eigenvalue weighted by Crippen LogP contribution is 2.35. The molecule has 0 aromatic carbocycles. The van der Waals surface area contributed by atoms with Crippen molar-refractivity contribution in [3.63, 3.8) is 0 Å². The van der Waals surface area contributed by atoms with E-state index < -0.39 is 0 Å². The molecule has 0 aliphatic heterocycles. The first-order valence-electron chi connectivity index (χ1n) is 7.02. The molecular formula is C15H23N3O. The van der Waals surface area contributed by atoms with E-state index in [9.17, 15) is 4.79 Å². The number of rotatable bonds is 5. The van der Waals surface area contributed by atoms with Crippen LogP contribution in [0.25, 0.3) is 0 Å². The summed E-state index contributed by atoms with van der Waals surface area (Å²) in [6.07, 6.45) is 4.17. The van der Waals surface area contributed by atoms with E-state index in [4.69, 9.17) is 0 Å². The van der Waals surface area contributed by atoms with Crippen LogP contribution in [0.1, 0.15) is 42.7 Å². The molecule has 4 heteroatoms. The van der Waals surface area contributed by atoms with Crippen LogP contribution >= 0.6 is 0 Å². The molecule has 1 aliphatic carbocycles. The number of anilines is 1. The molecule has 1 aromatic heterocycles. The van der Waals surface area contributed by atoms with Crippen molar-refractivity contribution in [1.82, 2.24) is 9.88 Å². The summed E-state index contributed by atoms with van der Waals surface area (Å²) in [5.41, 5.74) is 2.47. The van der Waals surface area contributed by atoms with Gasteiger partial charge in [0, 0.05) is 31.5 Å². The Morgan fingerprint density at radius 3 is 2.84 bits per heavy atom. The summed E-state index contributed by atoms with van der Waals surface area (Å²) < 4.78 is 0. The zero-order chi connectivity index (χ0) is 14.0. The highest BCUT2D eigenvalue weighted by molar-refractivity contribution is 5.99. The van der Waals surface area contributed by atoms with Crippen molar-refractivity contribution in [3.8, 4) is 0 Å².